The number of phenols is 1. The fourth-order valence-electron chi connectivity index (χ4n) is 2.15. The molecule has 4 nitrogen and oxygen atoms in total. The van der Waals surface area contributed by atoms with E-state index in [1.807, 2.05) is 0 Å². The number of anilines is 1. The standard InChI is InChI=1S/C15H11ClFNO3/c16-10-5-8(1-3-11(10)17)6-14-15(20)18-12-7-9(19)2-4-13(12)21-14/h1-5,7,14,19H,6H2,(H,18,20). The number of benzene rings is 2. The number of carbonyl (C=O) groups excluding carboxylic acids is 1. The van der Waals surface area contributed by atoms with Gasteiger partial charge in [0.2, 0.25) is 0 Å². The monoisotopic (exact) mass is 307 g/mol. The molecule has 0 spiro atoms. The molecule has 1 unspecified atom stereocenters. The van der Waals surface area contributed by atoms with Crippen LogP contribution in [0.5, 0.6) is 11.5 Å². The van der Waals surface area contributed by atoms with Crippen LogP contribution in [0.15, 0.2) is 36.4 Å². The van der Waals surface area contributed by atoms with E-state index in [0.717, 1.165) is 0 Å². The summed E-state index contributed by atoms with van der Waals surface area (Å²) in [4.78, 5) is 12.0. The number of fused-ring (bicyclic) bond motifs is 1. The summed E-state index contributed by atoms with van der Waals surface area (Å²) in [5.41, 5.74) is 1.12. The van der Waals surface area contributed by atoms with Crippen molar-refractivity contribution in [1.29, 1.82) is 0 Å². The van der Waals surface area contributed by atoms with E-state index in [0.29, 0.717) is 17.0 Å². The molecule has 2 aromatic rings. The Balaban J connectivity index is 1.82. The summed E-state index contributed by atoms with van der Waals surface area (Å²) >= 11 is 5.72. The van der Waals surface area contributed by atoms with Crippen LogP contribution in [0.25, 0.3) is 0 Å². The molecule has 0 bridgehead atoms. The van der Waals surface area contributed by atoms with E-state index in [4.69, 9.17) is 16.3 Å². The first kappa shape index (κ1) is 13.7. The zero-order valence-corrected chi connectivity index (χ0v) is 11.5. The third-order valence-corrected chi connectivity index (χ3v) is 3.48. The second kappa shape index (κ2) is 5.26. The Bertz CT molecular complexity index is 720. The van der Waals surface area contributed by atoms with Gasteiger partial charge in [0.15, 0.2) is 6.10 Å². The van der Waals surface area contributed by atoms with E-state index in [1.165, 1.54) is 24.3 Å². The molecule has 0 saturated heterocycles. The van der Waals surface area contributed by atoms with Gasteiger partial charge in [-0.05, 0) is 29.8 Å². The number of hydrogen-bond acceptors (Lipinski definition) is 3. The molecule has 1 atom stereocenters. The van der Waals surface area contributed by atoms with Gasteiger partial charge in [0, 0.05) is 12.5 Å². The highest BCUT2D eigenvalue weighted by atomic mass is 35.5. The van der Waals surface area contributed by atoms with Crippen LogP contribution in [0, 0.1) is 5.82 Å². The molecule has 1 amide bonds. The lowest BCUT2D eigenvalue weighted by Crippen LogP contribution is -2.38. The van der Waals surface area contributed by atoms with Crippen LogP contribution in [0.1, 0.15) is 5.56 Å². The van der Waals surface area contributed by atoms with Crippen molar-refractivity contribution in [3.63, 3.8) is 0 Å². The van der Waals surface area contributed by atoms with Crippen molar-refractivity contribution in [1.82, 2.24) is 0 Å². The molecule has 1 aliphatic rings. The minimum absolute atomic E-state index is 0.00837. The van der Waals surface area contributed by atoms with Gasteiger partial charge in [-0.3, -0.25) is 4.79 Å². The van der Waals surface area contributed by atoms with Crippen molar-refractivity contribution in [2.45, 2.75) is 12.5 Å². The van der Waals surface area contributed by atoms with E-state index in [-0.39, 0.29) is 23.1 Å². The summed E-state index contributed by atoms with van der Waals surface area (Å²) < 4.78 is 18.7. The van der Waals surface area contributed by atoms with Gasteiger partial charge < -0.3 is 15.2 Å². The average molecular weight is 308 g/mol. The van der Waals surface area contributed by atoms with Crippen molar-refractivity contribution in [3.8, 4) is 11.5 Å². The van der Waals surface area contributed by atoms with Crippen molar-refractivity contribution in [2.24, 2.45) is 0 Å². The SMILES string of the molecule is O=C1Nc2cc(O)ccc2OC1Cc1ccc(F)c(Cl)c1. The number of halogens is 2. The summed E-state index contributed by atoms with van der Waals surface area (Å²) in [6.45, 7) is 0. The minimum atomic E-state index is -0.733. The van der Waals surface area contributed by atoms with Gasteiger partial charge in [-0.15, -0.1) is 0 Å². The number of rotatable bonds is 2. The van der Waals surface area contributed by atoms with Gasteiger partial charge in [-0.1, -0.05) is 17.7 Å². The molecule has 1 heterocycles. The molecule has 108 valence electrons. The Morgan fingerprint density at radius 2 is 2.10 bits per heavy atom. The Morgan fingerprint density at radius 3 is 2.86 bits per heavy atom. The molecule has 2 N–H and O–H groups in total. The number of carbonyl (C=O) groups is 1. The lowest BCUT2D eigenvalue weighted by molar-refractivity contribution is -0.123. The molecule has 0 aromatic heterocycles. The lowest BCUT2D eigenvalue weighted by atomic mass is 10.1. The van der Waals surface area contributed by atoms with Crippen molar-refractivity contribution in [2.75, 3.05) is 5.32 Å². The Kier molecular flexibility index (Phi) is 3.43. The number of nitrogens with one attached hydrogen (secondary N) is 1. The molecule has 0 radical (unpaired) electrons. The van der Waals surface area contributed by atoms with Crippen molar-refractivity contribution in [3.05, 3.63) is 52.8 Å². The smallest absolute Gasteiger partial charge is 0.265 e. The normalized spacial score (nSPS) is 16.9. The summed E-state index contributed by atoms with van der Waals surface area (Å²) in [6.07, 6.45) is -0.463. The summed E-state index contributed by atoms with van der Waals surface area (Å²) in [7, 11) is 0. The van der Waals surface area contributed by atoms with E-state index in [9.17, 15) is 14.3 Å². The first-order valence-corrected chi connectivity index (χ1v) is 6.65. The zero-order valence-electron chi connectivity index (χ0n) is 10.8. The Morgan fingerprint density at radius 1 is 1.29 bits per heavy atom. The highest BCUT2D eigenvalue weighted by Crippen LogP contribution is 2.33. The molecule has 21 heavy (non-hydrogen) atoms. The number of aromatic hydroxyl groups is 1. The molecule has 0 aliphatic carbocycles. The van der Waals surface area contributed by atoms with Crippen molar-refractivity contribution < 1.29 is 19.0 Å². The van der Waals surface area contributed by atoms with Crippen LogP contribution in [0.4, 0.5) is 10.1 Å². The highest BCUT2D eigenvalue weighted by Gasteiger charge is 2.28. The van der Waals surface area contributed by atoms with Crippen LogP contribution < -0.4 is 10.1 Å². The molecule has 0 saturated carbocycles. The summed E-state index contributed by atoms with van der Waals surface area (Å²) in [5, 5.41) is 12.0. The van der Waals surface area contributed by atoms with E-state index < -0.39 is 11.9 Å². The number of phenolic OH excluding ortho intramolecular Hbond substituents is 1. The molecular weight excluding hydrogens is 297 g/mol. The summed E-state index contributed by atoms with van der Waals surface area (Å²) in [6, 6.07) is 8.75. The van der Waals surface area contributed by atoms with Gasteiger partial charge in [0.1, 0.15) is 17.3 Å². The molecule has 0 fully saturated rings. The third-order valence-electron chi connectivity index (χ3n) is 3.19. The highest BCUT2D eigenvalue weighted by molar-refractivity contribution is 6.30. The van der Waals surface area contributed by atoms with Gasteiger partial charge in [-0.25, -0.2) is 4.39 Å². The predicted octanol–water partition coefficient (Wildman–Crippen LogP) is 3.13. The molecule has 6 heteroatoms. The Hall–Kier alpha value is -2.27. The molecule has 3 rings (SSSR count). The zero-order chi connectivity index (χ0) is 15.0. The molecule has 2 aromatic carbocycles. The van der Waals surface area contributed by atoms with Crippen LogP contribution in [0.3, 0.4) is 0 Å². The average Bonchev–Trinajstić information content (AvgIpc) is 2.44. The first-order valence-electron chi connectivity index (χ1n) is 6.27. The van der Waals surface area contributed by atoms with E-state index in [1.54, 1.807) is 12.1 Å². The maximum absolute atomic E-state index is 13.1. The van der Waals surface area contributed by atoms with E-state index >= 15 is 0 Å². The fourth-order valence-corrected chi connectivity index (χ4v) is 2.36. The van der Waals surface area contributed by atoms with Crippen LogP contribution >= 0.6 is 11.6 Å². The van der Waals surface area contributed by atoms with E-state index in [2.05, 4.69) is 5.32 Å². The lowest BCUT2D eigenvalue weighted by Gasteiger charge is -2.26. The molecular formula is C15H11ClFNO3. The van der Waals surface area contributed by atoms with Gasteiger partial charge >= 0.3 is 0 Å². The Labute approximate surface area is 125 Å². The van der Waals surface area contributed by atoms with Crippen LogP contribution in [-0.2, 0) is 11.2 Å². The van der Waals surface area contributed by atoms with Crippen LogP contribution in [0.2, 0.25) is 5.02 Å². The van der Waals surface area contributed by atoms with Crippen molar-refractivity contribution >= 4 is 23.2 Å². The number of ether oxygens (including phenoxy) is 1. The van der Waals surface area contributed by atoms with Gasteiger partial charge in [-0.2, -0.15) is 0 Å². The quantitative estimate of drug-likeness (QED) is 0.896. The topological polar surface area (TPSA) is 58.6 Å². The second-order valence-corrected chi connectivity index (χ2v) is 5.14. The maximum atomic E-state index is 13.1. The molecule has 1 aliphatic heterocycles. The summed E-state index contributed by atoms with van der Waals surface area (Å²) in [5.74, 6) is -0.309. The first-order chi connectivity index (χ1) is 10.0. The van der Waals surface area contributed by atoms with Gasteiger partial charge in [0.05, 0.1) is 10.7 Å². The third kappa shape index (κ3) is 2.78. The number of hydrogen-bond donors (Lipinski definition) is 2. The minimum Gasteiger partial charge on any atom is -0.508 e. The maximum Gasteiger partial charge on any atom is 0.265 e. The number of amides is 1. The second-order valence-electron chi connectivity index (χ2n) is 4.73. The predicted molar refractivity (Wildman–Crippen MR) is 76.3 cm³/mol. The fraction of sp³-hybridized carbons (Fsp3) is 0.133. The largest absolute Gasteiger partial charge is 0.508 e. The van der Waals surface area contributed by atoms with Gasteiger partial charge in [0.25, 0.3) is 5.91 Å². The van der Waals surface area contributed by atoms with Crippen LogP contribution in [-0.4, -0.2) is 17.1 Å².